The van der Waals surface area contributed by atoms with Crippen molar-refractivity contribution in [3.8, 4) is 0 Å². The molecule has 0 aliphatic heterocycles. The van der Waals surface area contributed by atoms with E-state index in [4.69, 9.17) is 4.74 Å². The highest BCUT2D eigenvalue weighted by molar-refractivity contribution is 5.94. The van der Waals surface area contributed by atoms with Crippen LogP contribution < -0.4 is 5.32 Å². The first kappa shape index (κ1) is 19.7. The molecule has 1 amide bonds. The molecule has 2 aromatic rings. The van der Waals surface area contributed by atoms with E-state index in [2.05, 4.69) is 5.32 Å². The number of rotatable bonds is 8. The van der Waals surface area contributed by atoms with Gasteiger partial charge >= 0.3 is 5.97 Å². The molecule has 2 rings (SSSR count). The number of benzene rings is 2. The van der Waals surface area contributed by atoms with Crippen LogP contribution in [0, 0.1) is 5.92 Å². The number of carbonyl (C=O) groups excluding carboxylic acids is 1. The van der Waals surface area contributed by atoms with Gasteiger partial charge in [-0.05, 0) is 44.0 Å². The van der Waals surface area contributed by atoms with Crippen molar-refractivity contribution < 1.29 is 19.4 Å². The number of nitrogens with one attached hydrogen (secondary N) is 1. The van der Waals surface area contributed by atoms with Crippen molar-refractivity contribution in [2.45, 2.75) is 39.5 Å². The van der Waals surface area contributed by atoms with E-state index in [0.29, 0.717) is 12.2 Å². The molecule has 138 valence electrons. The summed E-state index contributed by atoms with van der Waals surface area (Å²) in [5, 5.41) is 12.2. The van der Waals surface area contributed by atoms with Crippen molar-refractivity contribution in [2.24, 2.45) is 5.92 Å². The summed E-state index contributed by atoms with van der Waals surface area (Å²) in [6, 6.07) is 15.7. The predicted octanol–water partition coefficient (Wildman–Crippen LogP) is 3.80. The van der Waals surface area contributed by atoms with Crippen molar-refractivity contribution in [2.75, 3.05) is 0 Å². The van der Waals surface area contributed by atoms with Gasteiger partial charge in [0.1, 0.15) is 0 Å². The number of hydrogen-bond donors (Lipinski definition) is 2. The highest BCUT2D eigenvalue weighted by Crippen LogP contribution is 2.23. The van der Waals surface area contributed by atoms with Crippen LogP contribution in [0.15, 0.2) is 54.6 Å². The summed E-state index contributed by atoms with van der Waals surface area (Å²) in [6.07, 6.45) is 0.141. The molecule has 2 unspecified atom stereocenters. The first-order valence-electron chi connectivity index (χ1n) is 8.67. The monoisotopic (exact) mass is 355 g/mol. The first-order valence-corrected chi connectivity index (χ1v) is 8.67. The largest absolute Gasteiger partial charge is 0.481 e. The lowest BCUT2D eigenvalue weighted by atomic mass is 9.94. The van der Waals surface area contributed by atoms with Crippen LogP contribution in [0.2, 0.25) is 0 Å². The summed E-state index contributed by atoms with van der Waals surface area (Å²) in [6.45, 7) is 6.01. The van der Waals surface area contributed by atoms with Crippen LogP contribution in [0.4, 0.5) is 0 Å². The lowest BCUT2D eigenvalue weighted by Gasteiger charge is -2.23. The van der Waals surface area contributed by atoms with Crippen LogP contribution in [0.1, 0.15) is 48.3 Å². The number of hydrogen-bond acceptors (Lipinski definition) is 3. The average molecular weight is 355 g/mol. The van der Waals surface area contributed by atoms with Crippen molar-refractivity contribution in [1.29, 1.82) is 0 Å². The summed E-state index contributed by atoms with van der Waals surface area (Å²) in [5.74, 6) is -2.01. The molecule has 0 radical (unpaired) electrons. The Labute approximate surface area is 154 Å². The zero-order valence-electron chi connectivity index (χ0n) is 15.3. The van der Waals surface area contributed by atoms with Crippen molar-refractivity contribution >= 4 is 11.9 Å². The summed E-state index contributed by atoms with van der Waals surface area (Å²) < 4.78 is 5.54. The highest BCUT2D eigenvalue weighted by Gasteiger charge is 2.27. The van der Waals surface area contributed by atoms with Gasteiger partial charge in [0, 0.05) is 5.56 Å². The Kier molecular flexibility index (Phi) is 6.92. The van der Waals surface area contributed by atoms with E-state index >= 15 is 0 Å². The molecular formula is C21H25NO4. The molecule has 0 aliphatic carbocycles. The zero-order chi connectivity index (χ0) is 19.1. The van der Waals surface area contributed by atoms with E-state index < -0.39 is 17.9 Å². The summed E-state index contributed by atoms with van der Waals surface area (Å²) >= 11 is 0. The number of carboxylic acids is 1. The molecule has 2 aromatic carbocycles. The van der Waals surface area contributed by atoms with Crippen molar-refractivity contribution in [1.82, 2.24) is 5.32 Å². The van der Waals surface area contributed by atoms with E-state index in [-0.39, 0.29) is 12.0 Å². The van der Waals surface area contributed by atoms with Crippen LogP contribution in [-0.4, -0.2) is 23.1 Å². The molecule has 0 heterocycles. The maximum Gasteiger partial charge on any atom is 0.308 e. The third-order valence-corrected chi connectivity index (χ3v) is 4.13. The second-order valence-electron chi connectivity index (χ2n) is 6.55. The van der Waals surface area contributed by atoms with Gasteiger partial charge in [0.25, 0.3) is 5.91 Å². The molecule has 5 heteroatoms. The Morgan fingerprint density at radius 1 is 1.00 bits per heavy atom. The fraction of sp³-hybridized carbons (Fsp3) is 0.333. The topological polar surface area (TPSA) is 75.6 Å². The normalized spacial score (nSPS) is 13.2. The molecule has 0 saturated heterocycles. The van der Waals surface area contributed by atoms with E-state index in [9.17, 15) is 14.7 Å². The first-order chi connectivity index (χ1) is 12.4. The van der Waals surface area contributed by atoms with E-state index in [1.165, 1.54) is 0 Å². The lowest BCUT2D eigenvalue weighted by molar-refractivity contribution is -0.142. The van der Waals surface area contributed by atoms with Gasteiger partial charge in [-0.3, -0.25) is 9.59 Å². The maximum atomic E-state index is 12.6. The van der Waals surface area contributed by atoms with Gasteiger partial charge in [0.2, 0.25) is 0 Å². The van der Waals surface area contributed by atoms with Crippen LogP contribution in [0.25, 0.3) is 0 Å². The van der Waals surface area contributed by atoms with Gasteiger partial charge in [0.05, 0.1) is 24.7 Å². The molecular weight excluding hydrogens is 330 g/mol. The average Bonchev–Trinajstić information content (AvgIpc) is 2.64. The fourth-order valence-electron chi connectivity index (χ4n) is 2.54. The Hall–Kier alpha value is -2.66. The maximum absolute atomic E-state index is 12.6. The van der Waals surface area contributed by atoms with E-state index in [0.717, 1.165) is 11.1 Å². The Morgan fingerprint density at radius 2 is 1.62 bits per heavy atom. The smallest absolute Gasteiger partial charge is 0.308 e. The molecule has 0 bridgehead atoms. The minimum Gasteiger partial charge on any atom is -0.481 e. The third kappa shape index (κ3) is 5.43. The molecule has 2 atom stereocenters. The third-order valence-electron chi connectivity index (χ3n) is 4.13. The van der Waals surface area contributed by atoms with Gasteiger partial charge < -0.3 is 15.2 Å². The van der Waals surface area contributed by atoms with Crippen LogP contribution >= 0.6 is 0 Å². The molecule has 5 nitrogen and oxygen atoms in total. The van der Waals surface area contributed by atoms with Gasteiger partial charge in [0.15, 0.2) is 0 Å². The number of carbonyl (C=O) groups is 2. The number of ether oxygens (including phenoxy) is 1. The molecule has 0 fully saturated rings. The van der Waals surface area contributed by atoms with Gasteiger partial charge in [-0.2, -0.15) is 0 Å². The van der Waals surface area contributed by atoms with E-state index in [1.54, 1.807) is 19.1 Å². The molecule has 26 heavy (non-hydrogen) atoms. The van der Waals surface area contributed by atoms with Crippen LogP contribution in [0.3, 0.4) is 0 Å². The van der Waals surface area contributed by atoms with E-state index in [1.807, 2.05) is 56.3 Å². The molecule has 0 saturated carbocycles. The van der Waals surface area contributed by atoms with Gasteiger partial charge in [-0.1, -0.05) is 42.5 Å². The standard InChI is InChI=1S/C21H25NO4/c1-14(2)26-13-16-9-11-18(12-10-16)20(23)22-19(15(3)21(24)25)17-7-5-4-6-8-17/h4-12,14-15,19H,13H2,1-3H3,(H,22,23)(H,24,25). The minimum absolute atomic E-state index is 0.141. The number of carboxylic acid groups (broad SMARTS) is 1. The Balaban J connectivity index is 2.12. The highest BCUT2D eigenvalue weighted by atomic mass is 16.5. The van der Waals surface area contributed by atoms with Gasteiger partial charge in [-0.25, -0.2) is 0 Å². The van der Waals surface area contributed by atoms with Gasteiger partial charge in [-0.15, -0.1) is 0 Å². The Morgan fingerprint density at radius 3 is 2.15 bits per heavy atom. The quantitative estimate of drug-likeness (QED) is 0.755. The molecule has 0 spiro atoms. The molecule has 0 aliphatic rings. The zero-order valence-corrected chi connectivity index (χ0v) is 15.3. The minimum atomic E-state index is -0.958. The predicted molar refractivity (Wildman–Crippen MR) is 99.8 cm³/mol. The lowest BCUT2D eigenvalue weighted by Crippen LogP contribution is -2.35. The summed E-state index contributed by atoms with van der Waals surface area (Å²) in [7, 11) is 0. The van der Waals surface area contributed by atoms with Crippen molar-refractivity contribution in [3.05, 3.63) is 71.3 Å². The summed E-state index contributed by atoms with van der Waals surface area (Å²) in [5.41, 5.74) is 2.23. The molecule has 2 N–H and O–H groups in total. The molecule has 0 aromatic heterocycles. The fourth-order valence-corrected chi connectivity index (χ4v) is 2.54. The second-order valence-corrected chi connectivity index (χ2v) is 6.55. The van der Waals surface area contributed by atoms with Crippen LogP contribution in [0.5, 0.6) is 0 Å². The number of amides is 1. The SMILES string of the molecule is CC(C)OCc1ccc(C(=O)NC(c2ccccc2)C(C)C(=O)O)cc1. The number of aliphatic carboxylic acids is 1. The van der Waals surface area contributed by atoms with Crippen LogP contribution in [-0.2, 0) is 16.1 Å². The van der Waals surface area contributed by atoms with Crippen molar-refractivity contribution in [3.63, 3.8) is 0 Å². The summed E-state index contributed by atoms with van der Waals surface area (Å²) in [4.78, 5) is 24.0. The Bertz CT molecular complexity index is 725. The second kappa shape index (κ2) is 9.15.